The second-order valence-corrected chi connectivity index (χ2v) is 5.40. The quantitative estimate of drug-likeness (QED) is 0.730. The Morgan fingerprint density at radius 3 is 2.61 bits per heavy atom. The van der Waals surface area contributed by atoms with Crippen LogP contribution in [0.25, 0.3) is 0 Å². The van der Waals surface area contributed by atoms with Gasteiger partial charge in [-0.25, -0.2) is 18.1 Å². The van der Waals surface area contributed by atoms with Gasteiger partial charge in [0.05, 0.1) is 19.1 Å². The summed E-state index contributed by atoms with van der Waals surface area (Å²) in [4.78, 5) is 6.19. The van der Waals surface area contributed by atoms with Crippen molar-refractivity contribution in [1.29, 1.82) is 0 Å². The van der Waals surface area contributed by atoms with Gasteiger partial charge in [0.2, 0.25) is 0 Å². The van der Waals surface area contributed by atoms with Crippen LogP contribution in [0.1, 0.15) is 11.1 Å². The van der Waals surface area contributed by atoms with Crippen LogP contribution < -0.4 is 4.72 Å². The number of aliphatic hydroxyl groups is 1. The minimum atomic E-state index is -3.59. The molecule has 0 spiro atoms. The smallest absolute Gasteiger partial charge is 0.257 e. The molecule has 0 amide bonds. The van der Waals surface area contributed by atoms with Gasteiger partial charge >= 0.3 is 0 Å². The highest BCUT2D eigenvalue weighted by molar-refractivity contribution is 7.89. The van der Waals surface area contributed by atoms with Gasteiger partial charge in [-0.2, -0.15) is 0 Å². The number of nitrogens with one attached hydrogen (secondary N) is 2. The zero-order valence-electron chi connectivity index (χ0n) is 9.50. The molecule has 1 heterocycles. The van der Waals surface area contributed by atoms with E-state index in [1.54, 1.807) is 24.3 Å². The van der Waals surface area contributed by atoms with E-state index in [0.717, 1.165) is 5.56 Å². The van der Waals surface area contributed by atoms with E-state index in [1.165, 1.54) is 12.5 Å². The van der Waals surface area contributed by atoms with Gasteiger partial charge < -0.3 is 10.1 Å². The number of aromatic nitrogens is 2. The highest BCUT2D eigenvalue weighted by atomic mass is 32.2. The molecule has 7 heteroatoms. The van der Waals surface area contributed by atoms with Crippen molar-refractivity contribution < 1.29 is 13.5 Å². The Morgan fingerprint density at radius 1 is 1.28 bits per heavy atom. The fourth-order valence-corrected chi connectivity index (χ4v) is 2.43. The Kier molecular flexibility index (Phi) is 3.75. The lowest BCUT2D eigenvalue weighted by atomic mass is 10.1. The number of benzene rings is 1. The third kappa shape index (κ3) is 2.76. The topological polar surface area (TPSA) is 95.1 Å². The van der Waals surface area contributed by atoms with Crippen molar-refractivity contribution >= 4 is 10.0 Å². The van der Waals surface area contributed by atoms with E-state index in [2.05, 4.69) is 14.7 Å². The van der Waals surface area contributed by atoms with Gasteiger partial charge in [0.15, 0.2) is 5.03 Å². The number of H-pyrrole nitrogens is 1. The number of hydrogen-bond acceptors (Lipinski definition) is 4. The van der Waals surface area contributed by atoms with E-state index in [0.29, 0.717) is 5.56 Å². The van der Waals surface area contributed by atoms with Gasteiger partial charge in [-0.1, -0.05) is 24.3 Å². The molecule has 0 aliphatic carbocycles. The predicted molar refractivity (Wildman–Crippen MR) is 65.0 cm³/mol. The van der Waals surface area contributed by atoms with Crippen LogP contribution in [0.5, 0.6) is 0 Å². The van der Waals surface area contributed by atoms with Crippen LogP contribution in [-0.2, 0) is 23.2 Å². The summed E-state index contributed by atoms with van der Waals surface area (Å²) in [6.45, 7) is 0.0000448. The second-order valence-electron chi connectivity index (χ2n) is 3.67. The molecule has 0 fully saturated rings. The van der Waals surface area contributed by atoms with Gasteiger partial charge in [-0.05, 0) is 11.1 Å². The Labute approximate surface area is 105 Å². The maximum absolute atomic E-state index is 11.8. The molecular formula is C11H13N3O3S. The van der Waals surface area contributed by atoms with Crippen LogP contribution in [0.15, 0.2) is 41.8 Å². The summed E-state index contributed by atoms with van der Waals surface area (Å²) in [7, 11) is -3.59. The molecule has 0 aliphatic rings. The summed E-state index contributed by atoms with van der Waals surface area (Å²) in [6.07, 6.45) is 2.54. The highest BCUT2D eigenvalue weighted by Crippen LogP contribution is 2.10. The first-order valence-corrected chi connectivity index (χ1v) is 6.77. The highest BCUT2D eigenvalue weighted by Gasteiger charge is 2.15. The largest absolute Gasteiger partial charge is 0.392 e. The summed E-state index contributed by atoms with van der Waals surface area (Å²) >= 11 is 0. The van der Waals surface area contributed by atoms with E-state index < -0.39 is 10.0 Å². The lowest BCUT2D eigenvalue weighted by Gasteiger charge is -2.08. The maximum atomic E-state index is 11.8. The van der Waals surface area contributed by atoms with Crippen LogP contribution >= 0.6 is 0 Å². The summed E-state index contributed by atoms with van der Waals surface area (Å²) in [6, 6.07) is 7.10. The number of hydrogen-bond donors (Lipinski definition) is 3. The molecule has 2 aromatic rings. The fourth-order valence-electron chi connectivity index (χ4n) is 1.52. The first-order chi connectivity index (χ1) is 8.63. The SMILES string of the molecule is O=S(=O)(NCc1ccccc1CO)c1cnc[nH]1. The molecule has 0 aliphatic heterocycles. The van der Waals surface area contributed by atoms with Gasteiger partial charge in [0.1, 0.15) is 0 Å². The fraction of sp³-hybridized carbons (Fsp3) is 0.182. The maximum Gasteiger partial charge on any atom is 0.257 e. The molecule has 1 aromatic carbocycles. The molecule has 6 nitrogen and oxygen atoms in total. The first kappa shape index (κ1) is 12.7. The Balaban J connectivity index is 2.13. The molecule has 0 unspecified atom stereocenters. The number of sulfonamides is 1. The average Bonchev–Trinajstić information content (AvgIpc) is 2.91. The monoisotopic (exact) mass is 267 g/mol. The minimum Gasteiger partial charge on any atom is -0.392 e. The number of aliphatic hydroxyl groups excluding tert-OH is 1. The molecule has 0 atom stereocenters. The molecule has 96 valence electrons. The Morgan fingerprint density at radius 2 is 2.00 bits per heavy atom. The summed E-state index contributed by atoms with van der Waals surface area (Å²) in [5, 5.41) is 9.16. The number of imidazole rings is 1. The van der Waals surface area contributed by atoms with Gasteiger partial charge in [-0.15, -0.1) is 0 Å². The summed E-state index contributed by atoms with van der Waals surface area (Å²) in [5.74, 6) is 0. The molecule has 0 bridgehead atoms. The van der Waals surface area contributed by atoms with Crippen LogP contribution in [0, 0.1) is 0 Å². The Bertz CT molecular complexity index is 608. The zero-order valence-corrected chi connectivity index (χ0v) is 10.3. The molecule has 3 N–H and O–H groups in total. The van der Waals surface area contributed by atoms with Gasteiger partial charge in [0, 0.05) is 6.54 Å². The second kappa shape index (κ2) is 5.30. The number of aromatic amines is 1. The summed E-state index contributed by atoms with van der Waals surface area (Å²) in [5.41, 5.74) is 1.44. The first-order valence-electron chi connectivity index (χ1n) is 5.29. The number of rotatable bonds is 5. The zero-order chi connectivity index (χ0) is 13.0. The summed E-state index contributed by atoms with van der Waals surface area (Å²) < 4.78 is 26.1. The molecular weight excluding hydrogens is 254 g/mol. The van der Waals surface area contributed by atoms with E-state index in [9.17, 15) is 8.42 Å². The van der Waals surface area contributed by atoms with Crippen molar-refractivity contribution in [1.82, 2.24) is 14.7 Å². The van der Waals surface area contributed by atoms with E-state index in [4.69, 9.17) is 5.11 Å². The third-order valence-electron chi connectivity index (χ3n) is 2.50. The number of nitrogens with zero attached hydrogens (tertiary/aromatic N) is 1. The molecule has 0 saturated heterocycles. The van der Waals surface area contributed by atoms with Crippen LogP contribution in [0.4, 0.5) is 0 Å². The lowest BCUT2D eigenvalue weighted by Crippen LogP contribution is -2.24. The van der Waals surface area contributed by atoms with Crippen LogP contribution in [0.2, 0.25) is 0 Å². The van der Waals surface area contributed by atoms with Crippen molar-refractivity contribution in [3.8, 4) is 0 Å². The van der Waals surface area contributed by atoms with Crippen molar-refractivity contribution in [2.24, 2.45) is 0 Å². The van der Waals surface area contributed by atoms with Crippen molar-refractivity contribution in [2.75, 3.05) is 0 Å². The molecule has 2 rings (SSSR count). The predicted octanol–water partition coefficient (Wildman–Crippen LogP) is 0.381. The van der Waals surface area contributed by atoms with E-state index in [-0.39, 0.29) is 18.2 Å². The molecule has 0 radical (unpaired) electrons. The third-order valence-corrected chi connectivity index (χ3v) is 3.83. The van der Waals surface area contributed by atoms with Gasteiger partial charge in [-0.3, -0.25) is 0 Å². The average molecular weight is 267 g/mol. The van der Waals surface area contributed by atoms with Crippen molar-refractivity contribution in [3.05, 3.63) is 47.9 Å². The Hall–Kier alpha value is -1.70. The van der Waals surface area contributed by atoms with Crippen LogP contribution in [0.3, 0.4) is 0 Å². The molecule has 0 saturated carbocycles. The van der Waals surface area contributed by atoms with E-state index >= 15 is 0 Å². The van der Waals surface area contributed by atoms with Gasteiger partial charge in [0.25, 0.3) is 10.0 Å². The standard InChI is InChI=1S/C11H13N3O3S/c15-7-10-4-2-1-3-9(10)5-14-18(16,17)11-6-12-8-13-11/h1-4,6,8,14-15H,5,7H2,(H,12,13). The van der Waals surface area contributed by atoms with Crippen LogP contribution in [-0.4, -0.2) is 23.5 Å². The normalized spacial score (nSPS) is 11.6. The van der Waals surface area contributed by atoms with E-state index in [1.807, 2.05) is 0 Å². The molecule has 1 aromatic heterocycles. The van der Waals surface area contributed by atoms with Crippen molar-refractivity contribution in [3.63, 3.8) is 0 Å². The lowest BCUT2D eigenvalue weighted by molar-refractivity contribution is 0.280. The molecule has 18 heavy (non-hydrogen) atoms. The minimum absolute atomic E-state index is 0.0176. The van der Waals surface area contributed by atoms with Crippen molar-refractivity contribution in [2.45, 2.75) is 18.2 Å².